The van der Waals surface area contributed by atoms with Crippen LogP contribution in [0.5, 0.6) is 0 Å². The van der Waals surface area contributed by atoms with Gasteiger partial charge in [-0.25, -0.2) is 12.8 Å². The average molecular weight is 261 g/mol. The monoisotopic (exact) mass is 261 g/mol. The standard InChI is InChI=1S/C11H16FNO3S/c1-9(2)13(7-8-14)17(15,16)11-6-4-3-5-10(11)12/h3-6,9,14H,7-8H2,1-2H3. The van der Waals surface area contributed by atoms with Crippen molar-refractivity contribution in [2.45, 2.75) is 24.8 Å². The van der Waals surface area contributed by atoms with E-state index in [0.29, 0.717) is 0 Å². The molecule has 0 spiro atoms. The Morgan fingerprint density at radius 2 is 1.94 bits per heavy atom. The number of benzene rings is 1. The van der Waals surface area contributed by atoms with Gasteiger partial charge in [-0.3, -0.25) is 0 Å². The van der Waals surface area contributed by atoms with Crippen molar-refractivity contribution in [2.75, 3.05) is 13.2 Å². The second-order valence-corrected chi connectivity index (χ2v) is 5.72. The first-order chi connectivity index (χ1) is 7.91. The van der Waals surface area contributed by atoms with Crippen molar-refractivity contribution in [3.05, 3.63) is 30.1 Å². The summed E-state index contributed by atoms with van der Waals surface area (Å²) in [6, 6.07) is 4.88. The number of aliphatic hydroxyl groups is 1. The SMILES string of the molecule is CC(C)N(CCO)S(=O)(=O)c1ccccc1F. The summed E-state index contributed by atoms with van der Waals surface area (Å²) in [6.45, 7) is 3.00. The van der Waals surface area contributed by atoms with E-state index in [9.17, 15) is 12.8 Å². The van der Waals surface area contributed by atoms with E-state index >= 15 is 0 Å². The molecule has 0 aliphatic rings. The molecule has 0 atom stereocenters. The van der Waals surface area contributed by atoms with Crippen LogP contribution in [-0.4, -0.2) is 37.0 Å². The Hall–Kier alpha value is -0.980. The zero-order valence-electron chi connectivity index (χ0n) is 9.80. The molecule has 1 rings (SSSR count). The first-order valence-corrected chi connectivity index (χ1v) is 6.72. The molecule has 0 aliphatic carbocycles. The van der Waals surface area contributed by atoms with Crippen LogP contribution >= 0.6 is 0 Å². The molecule has 96 valence electrons. The molecule has 0 unspecified atom stereocenters. The quantitative estimate of drug-likeness (QED) is 0.867. The molecule has 17 heavy (non-hydrogen) atoms. The summed E-state index contributed by atoms with van der Waals surface area (Å²) in [4.78, 5) is -0.359. The Morgan fingerprint density at radius 1 is 1.35 bits per heavy atom. The Kier molecular flexibility index (Phi) is 4.62. The van der Waals surface area contributed by atoms with Crippen molar-refractivity contribution in [3.63, 3.8) is 0 Å². The fraction of sp³-hybridized carbons (Fsp3) is 0.455. The van der Waals surface area contributed by atoms with E-state index in [0.717, 1.165) is 10.4 Å². The molecule has 0 radical (unpaired) electrons. The minimum absolute atomic E-state index is 0.0473. The molecule has 0 aliphatic heterocycles. The predicted molar refractivity (Wildman–Crippen MR) is 62.5 cm³/mol. The van der Waals surface area contributed by atoms with Gasteiger partial charge in [-0.05, 0) is 26.0 Å². The lowest BCUT2D eigenvalue weighted by Crippen LogP contribution is -2.39. The fourth-order valence-electron chi connectivity index (χ4n) is 1.53. The summed E-state index contributed by atoms with van der Waals surface area (Å²) in [7, 11) is -3.89. The molecule has 4 nitrogen and oxygen atoms in total. The molecule has 1 aromatic rings. The summed E-state index contributed by atoms with van der Waals surface area (Å²) < 4.78 is 38.9. The van der Waals surface area contributed by atoms with Crippen LogP contribution in [0.2, 0.25) is 0 Å². The lowest BCUT2D eigenvalue weighted by Gasteiger charge is -2.25. The van der Waals surface area contributed by atoms with Crippen LogP contribution in [-0.2, 0) is 10.0 Å². The first-order valence-electron chi connectivity index (χ1n) is 5.28. The second-order valence-electron chi connectivity index (χ2n) is 3.86. The zero-order chi connectivity index (χ0) is 13.1. The van der Waals surface area contributed by atoms with Gasteiger partial charge < -0.3 is 5.11 Å². The Bertz CT molecular complexity index is 473. The zero-order valence-corrected chi connectivity index (χ0v) is 10.6. The largest absolute Gasteiger partial charge is 0.395 e. The molecule has 0 heterocycles. The molecule has 6 heteroatoms. The summed E-state index contributed by atoms with van der Waals surface area (Å²) in [5.41, 5.74) is 0. The van der Waals surface area contributed by atoms with Crippen molar-refractivity contribution in [3.8, 4) is 0 Å². The van der Waals surface area contributed by atoms with Gasteiger partial charge in [0.05, 0.1) is 6.61 Å². The summed E-state index contributed by atoms with van der Waals surface area (Å²) >= 11 is 0. The van der Waals surface area contributed by atoms with E-state index < -0.39 is 15.8 Å². The molecule has 1 aromatic carbocycles. The minimum Gasteiger partial charge on any atom is -0.395 e. The van der Waals surface area contributed by atoms with Crippen LogP contribution in [0.3, 0.4) is 0 Å². The Labute approximate surface area is 101 Å². The third-order valence-corrected chi connectivity index (χ3v) is 4.43. The van der Waals surface area contributed by atoms with Gasteiger partial charge in [0.25, 0.3) is 0 Å². The van der Waals surface area contributed by atoms with Crippen LogP contribution in [0.25, 0.3) is 0 Å². The Balaban J connectivity index is 3.22. The van der Waals surface area contributed by atoms with Crippen molar-refractivity contribution in [1.82, 2.24) is 4.31 Å². The number of aliphatic hydroxyl groups excluding tert-OH is 1. The van der Waals surface area contributed by atoms with Gasteiger partial charge in [0.1, 0.15) is 10.7 Å². The molecule has 0 bridgehead atoms. The van der Waals surface area contributed by atoms with Crippen LogP contribution in [0, 0.1) is 5.82 Å². The highest BCUT2D eigenvalue weighted by atomic mass is 32.2. The van der Waals surface area contributed by atoms with E-state index in [1.807, 2.05) is 0 Å². The van der Waals surface area contributed by atoms with E-state index in [1.54, 1.807) is 13.8 Å². The van der Waals surface area contributed by atoms with Gasteiger partial charge in [0, 0.05) is 12.6 Å². The lowest BCUT2D eigenvalue weighted by molar-refractivity contribution is 0.236. The van der Waals surface area contributed by atoms with E-state index in [1.165, 1.54) is 18.2 Å². The third-order valence-electron chi connectivity index (χ3n) is 2.32. The predicted octanol–water partition coefficient (Wildman–Crippen LogP) is 1.22. The number of halogens is 1. The van der Waals surface area contributed by atoms with Gasteiger partial charge in [0.2, 0.25) is 10.0 Å². The van der Waals surface area contributed by atoms with E-state index in [4.69, 9.17) is 5.11 Å². The number of sulfonamides is 1. The molecule has 0 aromatic heterocycles. The van der Waals surface area contributed by atoms with Crippen molar-refractivity contribution in [2.24, 2.45) is 0 Å². The summed E-state index contributed by atoms with van der Waals surface area (Å²) in [6.07, 6.45) is 0. The minimum atomic E-state index is -3.89. The number of nitrogens with zero attached hydrogens (tertiary/aromatic N) is 1. The van der Waals surface area contributed by atoms with Gasteiger partial charge in [0.15, 0.2) is 0 Å². The van der Waals surface area contributed by atoms with Gasteiger partial charge >= 0.3 is 0 Å². The molecule has 1 N–H and O–H groups in total. The number of hydrogen-bond donors (Lipinski definition) is 1. The fourth-order valence-corrected chi connectivity index (χ4v) is 3.23. The number of hydrogen-bond acceptors (Lipinski definition) is 3. The highest BCUT2D eigenvalue weighted by Crippen LogP contribution is 2.20. The maximum atomic E-state index is 13.5. The van der Waals surface area contributed by atoms with Crippen molar-refractivity contribution < 1.29 is 17.9 Å². The summed E-state index contributed by atoms with van der Waals surface area (Å²) in [5, 5.41) is 8.87. The summed E-state index contributed by atoms with van der Waals surface area (Å²) in [5.74, 6) is -0.781. The van der Waals surface area contributed by atoms with Crippen molar-refractivity contribution in [1.29, 1.82) is 0 Å². The van der Waals surface area contributed by atoms with Crippen LogP contribution in [0.1, 0.15) is 13.8 Å². The van der Waals surface area contributed by atoms with Crippen LogP contribution < -0.4 is 0 Å². The maximum Gasteiger partial charge on any atom is 0.246 e. The van der Waals surface area contributed by atoms with Gasteiger partial charge in [-0.1, -0.05) is 12.1 Å². The first kappa shape index (κ1) is 14.1. The highest BCUT2D eigenvalue weighted by Gasteiger charge is 2.28. The topological polar surface area (TPSA) is 57.6 Å². The van der Waals surface area contributed by atoms with Crippen LogP contribution in [0.4, 0.5) is 4.39 Å². The average Bonchev–Trinajstić information content (AvgIpc) is 2.25. The molecule has 0 saturated carbocycles. The molecular formula is C11H16FNO3S. The van der Waals surface area contributed by atoms with Gasteiger partial charge in [-0.15, -0.1) is 0 Å². The molecule has 0 saturated heterocycles. The van der Waals surface area contributed by atoms with E-state index in [2.05, 4.69) is 0 Å². The maximum absolute atomic E-state index is 13.5. The second kappa shape index (κ2) is 5.57. The molecule has 0 amide bonds. The molecular weight excluding hydrogens is 245 g/mol. The number of rotatable bonds is 5. The Morgan fingerprint density at radius 3 is 2.41 bits per heavy atom. The highest BCUT2D eigenvalue weighted by molar-refractivity contribution is 7.89. The van der Waals surface area contributed by atoms with E-state index in [-0.39, 0.29) is 24.1 Å². The van der Waals surface area contributed by atoms with Crippen LogP contribution in [0.15, 0.2) is 29.2 Å². The lowest BCUT2D eigenvalue weighted by atomic mass is 10.3. The third kappa shape index (κ3) is 3.02. The molecule has 0 fully saturated rings. The smallest absolute Gasteiger partial charge is 0.246 e. The van der Waals surface area contributed by atoms with Gasteiger partial charge in [-0.2, -0.15) is 4.31 Å². The van der Waals surface area contributed by atoms with Crippen molar-refractivity contribution >= 4 is 10.0 Å². The normalized spacial score (nSPS) is 12.4.